The lowest BCUT2D eigenvalue weighted by molar-refractivity contribution is 0.499. The van der Waals surface area contributed by atoms with Crippen LogP contribution in [0.3, 0.4) is 0 Å². The summed E-state index contributed by atoms with van der Waals surface area (Å²) >= 11 is 0. The van der Waals surface area contributed by atoms with Crippen LogP contribution in [0, 0.1) is 0 Å². The van der Waals surface area contributed by atoms with Gasteiger partial charge in [0.25, 0.3) is 0 Å². The maximum atomic E-state index is 5.90. The van der Waals surface area contributed by atoms with Crippen LogP contribution in [0.2, 0.25) is 0 Å². The highest BCUT2D eigenvalue weighted by molar-refractivity contribution is 5.82. The lowest BCUT2D eigenvalue weighted by Gasteiger charge is -2.31. The quantitative estimate of drug-likeness (QED) is 0.761. The van der Waals surface area contributed by atoms with Gasteiger partial charge in [-0.1, -0.05) is 0 Å². The number of aromatic nitrogens is 4. The van der Waals surface area contributed by atoms with E-state index < -0.39 is 0 Å². The molecule has 6 nitrogen and oxygen atoms in total. The molecule has 0 aliphatic carbocycles. The van der Waals surface area contributed by atoms with Gasteiger partial charge in [-0.15, -0.1) is 0 Å². The normalized spacial score (nSPS) is 17.6. The molecule has 1 aliphatic rings. The first-order valence-electron chi connectivity index (χ1n) is 5.77. The zero-order valence-corrected chi connectivity index (χ0v) is 9.45. The maximum absolute atomic E-state index is 5.90. The number of nitrogens with zero attached hydrogens (tertiary/aromatic N) is 5. The van der Waals surface area contributed by atoms with E-state index in [0.29, 0.717) is 11.7 Å². The van der Waals surface area contributed by atoms with E-state index in [1.165, 1.54) is 0 Å². The molecule has 0 radical (unpaired) electrons. The van der Waals surface area contributed by atoms with Crippen LogP contribution in [0.1, 0.15) is 12.8 Å². The highest BCUT2D eigenvalue weighted by atomic mass is 15.2. The highest BCUT2D eigenvalue weighted by Gasteiger charge is 2.19. The van der Waals surface area contributed by atoms with Crippen molar-refractivity contribution in [2.75, 3.05) is 18.0 Å². The molecule has 6 heteroatoms. The molecular weight excluding hydrogens is 216 g/mol. The summed E-state index contributed by atoms with van der Waals surface area (Å²) in [6, 6.07) is 0.311. The number of nitrogens with two attached hydrogens (primary N) is 1. The first kappa shape index (κ1) is 10.3. The van der Waals surface area contributed by atoms with Crippen molar-refractivity contribution in [3.8, 4) is 0 Å². The molecule has 0 bridgehead atoms. The van der Waals surface area contributed by atoms with Gasteiger partial charge < -0.3 is 10.6 Å². The lowest BCUT2D eigenvalue weighted by Crippen LogP contribution is -2.40. The van der Waals surface area contributed by atoms with E-state index in [4.69, 9.17) is 5.73 Å². The Hall–Kier alpha value is -1.82. The molecule has 2 aromatic heterocycles. The molecule has 0 unspecified atom stereocenters. The van der Waals surface area contributed by atoms with Crippen molar-refractivity contribution in [2.24, 2.45) is 5.73 Å². The topological polar surface area (TPSA) is 80.8 Å². The monoisotopic (exact) mass is 230 g/mol. The standard InChI is InChI=1S/C11H14N6/c12-8-1-5-17(6-2-8)11-9-10(15-7-16-11)14-4-3-13-9/h3-4,7-8H,1-2,5-6,12H2. The third-order valence-corrected chi connectivity index (χ3v) is 3.09. The van der Waals surface area contributed by atoms with Gasteiger partial charge in [0, 0.05) is 31.5 Å². The summed E-state index contributed by atoms with van der Waals surface area (Å²) < 4.78 is 0. The second kappa shape index (κ2) is 4.21. The van der Waals surface area contributed by atoms with E-state index in [9.17, 15) is 0 Å². The summed E-state index contributed by atoms with van der Waals surface area (Å²) in [5, 5.41) is 0. The molecule has 0 atom stereocenters. The van der Waals surface area contributed by atoms with Crippen molar-refractivity contribution in [1.29, 1.82) is 0 Å². The van der Waals surface area contributed by atoms with Crippen molar-refractivity contribution in [2.45, 2.75) is 18.9 Å². The zero-order valence-electron chi connectivity index (χ0n) is 9.45. The van der Waals surface area contributed by atoms with E-state index in [0.717, 1.165) is 37.3 Å². The Kier molecular flexibility index (Phi) is 2.56. The summed E-state index contributed by atoms with van der Waals surface area (Å²) in [4.78, 5) is 19.2. The fourth-order valence-electron chi connectivity index (χ4n) is 2.12. The molecule has 3 heterocycles. The minimum absolute atomic E-state index is 0.311. The molecule has 0 amide bonds. The van der Waals surface area contributed by atoms with Gasteiger partial charge in [-0.3, -0.25) is 0 Å². The number of fused-ring (bicyclic) bond motifs is 1. The average molecular weight is 230 g/mol. The van der Waals surface area contributed by atoms with Gasteiger partial charge in [-0.25, -0.2) is 19.9 Å². The third-order valence-electron chi connectivity index (χ3n) is 3.09. The second-order valence-electron chi connectivity index (χ2n) is 4.25. The summed E-state index contributed by atoms with van der Waals surface area (Å²) in [5.74, 6) is 0.870. The van der Waals surface area contributed by atoms with Gasteiger partial charge in [0.2, 0.25) is 0 Å². The number of rotatable bonds is 1. The van der Waals surface area contributed by atoms with E-state index in [1.54, 1.807) is 18.7 Å². The number of hydrogen-bond acceptors (Lipinski definition) is 6. The Morgan fingerprint density at radius 1 is 1.06 bits per heavy atom. The second-order valence-corrected chi connectivity index (χ2v) is 4.25. The van der Waals surface area contributed by atoms with Crippen molar-refractivity contribution in [1.82, 2.24) is 19.9 Å². The largest absolute Gasteiger partial charge is 0.355 e. The van der Waals surface area contributed by atoms with E-state index in [-0.39, 0.29) is 0 Å². The Morgan fingerprint density at radius 3 is 2.65 bits per heavy atom. The molecule has 1 saturated heterocycles. The van der Waals surface area contributed by atoms with Gasteiger partial charge in [0.15, 0.2) is 17.0 Å². The minimum atomic E-state index is 0.311. The summed E-state index contributed by atoms with van der Waals surface area (Å²) in [7, 11) is 0. The number of piperidine rings is 1. The van der Waals surface area contributed by atoms with Crippen LogP contribution in [-0.2, 0) is 0 Å². The lowest BCUT2D eigenvalue weighted by atomic mass is 10.1. The predicted octanol–water partition coefficient (Wildman–Crippen LogP) is 0.347. The van der Waals surface area contributed by atoms with Crippen LogP contribution in [-0.4, -0.2) is 39.1 Å². The van der Waals surface area contributed by atoms with Crippen LogP contribution in [0.4, 0.5) is 5.82 Å². The molecule has 1 fully saturated rings. The number of hydrogen-bond donors (Lipinski definition) is 1. The minimum Gasteiger partial charge on any atom is -0.355 e. The Bertz CT molecular complexity index is 515. The summed E-state index contributed by atoms with van der Waals surface area (Å²) in [6.45, 7) is 1.84. The average Bonchev–Trinajstić information content (AvgIpc) is 2.39. The molecule has 2 aromatic rings. The van der Waals surface area contributed by atoms with Crippen LogP contribution in [0.5, 0.6) is 0 Å². The van der Waals surface area contributed by atoms with Gasteiger partial charge in [-0.05, 0) is 12.8 Å². The summed E-state index contributed by atoms with van der Waals surface area (Å²) in [6.07, 6.45) is 6.84. The van der Waals surface area contributed by atoms with Crippen molar-refractivity contribution in [3.05, 3.63) is 18.7 Å². The maximum Gasteiger partial charge on any atom is 0.183 e. The van der Waals surface area contributed by atoms with Crippen LogP contribution in [0.15, 0.2) is 18.7 Å². The van der Waals surface area contributed by atoms with Gasteiger partial charge in [-0.2, -0.15) is 0 Å². The van der Waals surface area contributed by atoms with Crippen molar-refractivity contribution < 1.29 is 0 Å². The van der Waals surface area contributed by atoms with Gasteiger partial charge >= 0.3 is 0 Å². The smallest absolute Gasteiger partial charge is 0.183 e. The summed E-state index contributed by atoms with van der Waals surface area (Å²) in [5.41, 5.74) is 7.31. The van der Waals surface area contributed by atoms with E-state index >= 15 is 0 Å². The molecule has 88 valence electrons. The van der Waals surface area contributed by atoms with Crippen LogP contribution < -0.4 is 10.6 Å². The molecule has 1 aliphatic heterocycles. The fraction of sp³-hybridized carbons (Fsp3) is 0.455. The molecule has 0 spiro atoms. The Labute approximate surface area is 98.9 Å². The molecule has 17 heavy (non-hydrogen) atoms. The SMILES string of the molecule is NC1CCN(c2ncnc3nccnc23)CC1. The van der Waals surface area contributed by atoms with Gasteiger partial charge in [0.1, 0.15) is 6.33 Å². The fourth-order valence-corrected chi connectivity index (χ4v) is 2.12. The van der Waals surface area contributed by atoms with Crippen LogP contribution in [0.25, 0.3) is 11.2 Å². The van der Waals surface area contributed by atoms with Crippen molar-refractivity contribution >= 4 is 17.0 Å². The highest BCUT2D eigenvalue weighted by Crippen LogP contribution is 2.22. The molecule has 0 aromatic carbocycles. The van der Waals surface area contributed by atoms with E-state index in [2.05, 4.69) is 24.8 Å². The molecule has 2 N–H and O–H groups in total. The number of anilines is 1. The van der Waals surface area contributed by atoms with Gasteiger partial charge in [0.05, 0.1) is 0 Å². The first-order valence-corrected chi connectivity index (χ1v) is 5.77. The van der Waals surface area contributed by atoms with E-state index in [1.807, 2.05) is 0 Å². The predicted molar refractivity (Wildman–Crippen MR) is 64.6 cm³/mol. The Morgan fingerprint density at radius 2 is 1.82 bits per heavy atom. The first-order chi connectivity index (χ1) is 8.34. The third kappa shape index (κ3) is 1.91. The molecule has 3 rings (SSSR count). The Balaban J connectivity index is 2.00. The van der Waals surface area contributed by atoms with Crippen molar-refractivity contribution in [3.63, 3.8) is 0 Å². The molecular formula is C11H14N6. The molecule has 0 saturated carbocycles. The zero-order chi connectivity index (χ0) is 11.7. The van der Waals surface area contributed by atoms with Crippen LogP contribution >= 0.6 is 0 Å².